The third kappa shape index (κ3) is 7.01. The van der Waals surface area contributed by atoms with Gasteiger partial charge in [-0.05, 0) is 52.0 Å². The molecule has 0 atom stereocenters. The van der Waals surface area contributed by atoms with E-state index in [1.54, 1.807) is 6.20 Å². The van der Waals surface area contributed by atoms with Crippen molar-refractivity contribution in [3.8, 4) is 0 Å². The molecular formula is C14H23N3O. The summed E-state index contributed by atoms with van der Waals surface area (Å²) < 4.78 is 0. The Bertz CT molecular complexity index is 338. The molecule has 0 aliphatic heterocycles. The number of unbranched alkanes of at least 4 members (excludes halogenated alkanes) is 1. The molecule has 1 N–H and O–H groups in total. The maximum Gasteiger partial charge on any atom is 0.220 e. The first kappa shape index (κ1) is 14.6. The SMILES string of the molecule is CN(C)CCCCNC(=O)CCc1ccccn1. The number of hydrogen-bond donors (Lipinski definition) is 1. The second-order valence-electron chi connectivity index (χ2n) is 4.68. The summed E-state index contributed by atoms with van der Waals surface area (Å²) in [7, 11) is 4.12. The van der Waals surface area contributed by atoms with E-state index in [0.717, 1.165) is 31.6 Å². The van der Waals surface area contributed by atoms with Gasteiger partial charge in [-0.25, -0.2) is 0 Å². The monoisotopic (exact) mass is 249 g/mol. The van der Waals surface area contributed by atoms with Crippen LogP contribution in [0.1, 0.15) is 25.0 Å². The van der Waals surface area contributed by atoms with E-state index in [2.05, 4.69) is 29.3 Å². The van der Waals surface area contributed by atoms with Gasteiger partial charge in [0.25, 0.3) is 0 Å². The van der Waals surface area contributed by atoms with E-state index in [0.29, 0.717) is 12.8 Å². The molecule has 0 spiro atoms. The van der Waals surface area contributed by atoms with Crippen LogP contribution in [-0.4, -0.2) is 43.0 Å². The highest BCUT2D eigenvalue weighted by molar-refractivity contribution is 5.76. The molecule has 100 valence electrons. The lowest BCUT2D eigenvalue weighted by molar-refractivity contribution is -0.121. The Hall–Kier alpha value is -1.42. The largest absolute Gasteiger partial charge is 0.356 e. The average molecular weight is 249 g/mol. The Kier molecular flexibility index (Phi) is 7.03. The second kappa shape index (κ2) is 8.64. The number of nitrogens with one attached hydrogen (secondary N) is 1. The zero-order chi connectivity index (χ0) is 13.2. The molecular weight excluding hydrogens is 226 g/mol. The van der Waals surface area contributed by atoms with Crippen LogP contribution in [0.5, 0.6) is 0 Å². The molecule has 0 fully saturated rings. The Labute approximate surface area is 109 Å². The second-order valence-corrected chi connectivity index (χ2v) is 4.68. The minimum atomic E-state index is 0.116. The number of amides is 1. The Balaban J connectivity index is 2.04. The van der Waals surface area contributed by atoms with Crippen LogP contribution in [0.3, 0.4) is 0 Å². The topological polar surface area (TPSA) is 45.2 Å². The van der Waals surface area contributed by atoms with E-state index < -0.39 is 0 Å². The highest BCUT2D eigenvalue weighted by atomic mass is 16.1. The third-order valence-corrected chi connectivity index (χ3v) is 2.69. The first-order chi connectivity index (χ1) is 8.68. The van der Waals surface area contributed by atoms with E-state index in [9.17, 15) is 4.79 Å². The summed E-state index contributed by atoms with van der Waals surface area (Å²) in [5.41, 5.74) is 0.972. The Morgan fingerprint density at radius 3 is 2.83 bits per heavy atom. The van der Waals surface area contributed by atoms with Crippen LogP contribution in [0.15, 0.2) is 24.4 Å². The highest BCUT2D eigenvalue weighted by Gasteiger charge is 2.02. The van der Waals surface area contributed by atoms with Crippen molar-refractivity contribution in [1.29, 1.82) is 0 Å². The van der Waals surface area contributed by atoms with E-state index >= 15 is 0 Å². The van der Waals surface area contributed by atoms with Gasteiger partial charge in [-0.2, -0.15) is 0 Å². The van der Waals surface area contributed by atoms with Crippen molar-refractivity contribution in [3.63, 3.8) is 0 Å². The molecule has 1 aromatic rings. The molecule has 0 saturated heterocycles. The van der Waals surface area contributed by atoms with Crippen molar-refractivity contribution in [3.05, 3.63) is 30.1 Å². The van der Waals surface area contributed by atoms with Crippen molar-refractivity contribution >= 4 is 5.91 Å². The normalized spacial score (nSPS) is 10.6. The lowest BCUT2D eigenvalue weighted by atomic mass is 10.2. The van der Waals surface area contributed by atoms with Crippen molar-refractivity contribution in [2.75, 3.05) is 27.2 Å². The van der Waals surface area contributed by atoms with Crippen molar-refractivity contribution in [2.24, 2.45) is 0 Å². The Morgan fingerprint density at radius 2 is 2.17 bits per heavy atom. The number of rotatable bonds is 8. The summed E-state index contributed by atoms with van der Waals surface area (Å²) in [4.78, 5) is 17.9. The van der Waals surface area contributed by atoms with Gasteiger partial charge in [0, 0.05) is 24.9 Å². The van der Waals surface area contributed by atoms with Crippen LogP contribution in [-0.2, 0) is 11.2 Å². The van der Waals surface area contributed by atoms with Crippen LogP contribution < -0.4 is 5.32 Å². The van der Waals surface area contributed by atoms with Gasteiger partial charge in [0.1, 0.15) is 0 Å². The van der Waals surface area contributed by atoms with Gasteiger partial charge in [-0.1, -0.05) is 6.07 Å². The average Bonchev–Trinajstić information content (AvgIpc) is 2.37. The molecule has 0 aliphatic carbocycles. The summed E-state index contributed by atoms with van der Waals surface area (Å²) in [6.45, 7) is 1.85. The smallest absolute Gasteiger partial charge is 0.220 e. The Morgan fingerprint density at radius 1 is 1.33 bits per heavy atom. The van der Waals surface area contributed by atoms with Crippen LogP contribution in [0.25, 0.3) is 0 Å². The molecule has 0 unspecified atom stereocenters. The van der Waals surface area contributed by atoms with Crippen molar-refractivity contribution in [1.82, 2.24) is 15.2 Å². The molecule has 0 saturated carbocycles. The van der Waals surface area contributed by atoms with Crippen LogP contribution in [0.2, 0.25) is 0 Å². The molecule has 0 aliphatic rings. The molecule has 4 nitrogen and oxygen atoms in total. The number of hydrogen-bond acceptors (Lipinski definition) is 3. The predicted octanol–water partition coefficient (Wildman–Crippen LogP) is 1.47. The third-order valence-electron chi connectivity index (χ3n) is 2.69. The summed E-state index contributed by atoms with van der Waals surface area (Å²) in [5, 5.41) is 2.94. The van der Waals surface area contributed by atoms with E-state index in [-0.39, 0.29) is 5.91 Å². The zero-order valence-corrected chi connectivity index (χ0v) is 11.4. The number of aromatic nitrogens is 1. The predicted molar refractivity (Wildman–Crippen MR) is 73.4 cm³/mol. The summed E-state index contributed by atoms with van der Waals surface area (Å²) in [6, 6.07) is 5.78. The molecule has 4 heteroatoms. The quantitative estimate of drug-likeness (QED) is 0.710. The number of nitrogens with zero attached hydrogens (tertiary/aromatic N) is 2. The van der Waals surface area contributed by atoms with Gasteiger partial charge >= 0.3 is 0 Å². The molecule has 1 rings (SSSR count). The first-order valence-corrected chi connectivity index (χ1v) is 6.50. The molecule has 1 aromatic heterocycles. The van der Waals surface area contributed by atoms with Crippen LogP contribution in [0.4, 0.5) is 0 Å². The van der Waals surface area contributed by atoms with E-state index in [1.807, 2.05) is 18.2 Å². The summed E-state index contributed by atoms with van der Waals surface area (Å²) in [6.07, 6.45) is 5.14. The van der Waals surface area contributed by atoms with Gasteiger partial charge in [-0.15, -0.1) is 0 Å². The standard InChI is InChI=1S/C14H23N3O/c1-17(2)12-6-5-11-16-14(18)9-8-13-7-3-4-10-15-13/h3-4,7,10H,5-6,8-9,11-12H2,1-2H3,(H,16,18). The van der Waals surface area contributed by atoms with E-state index in [4.69, 9.17) is 0 Å². The maximum absolute atomic E-state index is 11.6. The molecule has 1 heterocycles. The summed E-state index contributed by atoms with van der Waals surface area (Å²) in [5.74, 6) is 0.116. The fourth-order valence-corrected chi connectivity index (χ4v) is 1.66. The zero-order valence-electron chi connectivity index (χ0n) is 11.4. The first-order valence-electron chi connectivity index (χ1n) is 6.50. The number of pyridine rings is 1. The van der Waals surface area contributed by atoms with Crippen LogP contribution in [0, 0.1) is 0 Å². The molecule has 0 aromatic carbocycles. The fraction of sp³-hybridized carbons (Fsp3) is 0.571. The molecule has 0 radical (unpaired) electrons. The number of carbonyl (C=O) groups is 1. The highest BCUT2D eigenvalue weighted by Crippen LogP contribution is 1.98. The van der Waals surface area contributed by atoms with Gasteiger partial charge in [0.2, 0.25) is 5.91 Å². The minimum Gasteiger partial charge on any atom is -0.356 e. The number of carbonyl (C=O) groups excluding carboxylic acids is 1. The van der Waals surface area contributed by atoms with Crippen molar-refractivity contribution < 1.29 is 4.79 Å². The van der Waals surface area contributed by atoms with Gasteiger partial charge in [0.05, 0.1) is 0 Å². The van der Waals surface area contributed by atoms with Gasteiger partial charge in [0.15, 0.2) is 0 Å². The van der Waals surface area contributed by atoms with Crippen molar-refractivity contribution in [2.45, 2.75) is 25.7 Å². The molecule has 0 bridgehead atoms. The molecule has 1 amide bonds. The fourth-order valence-electron chi connectivity index (χ4n) is 1.66. The summed E-state index contributed by atoms with van der Waals surface area (Å²) >= 11 is 0. The molecule has 18 heavy (non-hydrogen) atoms. The van der Waals surface area contributed by atoms with Gasteiger partial charge < -0.3 is 10.2 Å². The van der Waals surface area contributed by atoms with E-state index in [1.165, 1.54) is 0 Å². The maximum atomic E-state index is 11.6. The number of aryl methyl sites for hydroxylation is 1. The minimum absolute atomic E-state index is 0.116. The van der Waals surface area contributed by atoms with Gasteiger partial charge in [-0.3, -0.25) is 9.78 Å². The lowest BCUT2D eigenvalue weighted by Crippen LogP contribution is -2.25. The van der Waals surface area contributed by atoms with Crippen LogP contribution >= 0.6 is 0 Å². The lowest BCUT2D eigenvalue weighted by Gasteiger charge is -2.09.